The molecule has 2 aromatic carbocycles. The van der Waals surface area contributed by atoms with Crippen LogP contribution in [0.2, 0.25) is 0 Å². The summed E-state index contributed by atoms with van der Waals surface area (Å²) in [5, 5.41) is 15.0. The number of rotatable bonds is 9. The molecule has 1 aliphatic rings. The molecule has 0 saturated carbocycles. The smallest absolute Gasteiger partial charge is 0.329 e. The van der Waals surface area contributed by atoms with Gasteiger partial charge in [0.25, 0.3) is 0 Å². The number of carbonyl (C=O) groups excluding carboxylic acids is 2. The second-order valence-electron chi connectivity index (χ2n) is 8.84. The molecule has 172 valence electrons. The normalized spacial score (nSPS) is 16.0. The number of nitrogens with one attached hydrogen (secondary N) is 1. The van der Waals surface area contributed by atoms with Gasteiger partial charge in [-0.25, -0.2) is 4.79 Å². The predicted molar refractivity (Wildman–Crippen MR) is 122 cm³/mol. The van der Waals surface area contributed by atoms with E-state index in [1.807, 2.05) is 56.3 Å². The molecule has 0 unspecified atom stereocenters. The van der Waals surface area contributed by atoms with Crippen molar-refractivity contribution in [3.05, 3.63) is 48.0 Å². The number of hydrogen-bond donors (Lipinski definition) is 2. The van der Waals surface area contributed by atoms with Gasteiger partial charge >= 0.3 is 5.97 Å². The SMILES string of the molecule is CC(C)C[C@](Cc1cccc2ccccc12)(NC(=O)CCC(=O)N1CCOCC1)C(=O)O. The molecule has 0 radical (unpaired) electrons. The van der Waals surface area contributed by atoms with Gasteiger partial charge in [0.2, 0.25) is 11.8 Å². The summed E-state index contributed by atoms with van der Waals surface area (Å²) in [5.41, 5.74) is -0.576. The first kappa shape index (κ1) is 23.7. The number of morpholine rings is 1. The molecule has 7 nitrogen and oxygen atoms in total. The minimum atomic E-state index is -1.45. The lowest BCUT2D eigenvalue weighted by Gasteiger charge is -2.33. The molecule has 32 heavy (non-hydrogen) atoms. The molecule has 2 N–H and O–H groups in total. The molecule has 1 atom stereocenters. The van der Waals surface area contributed by atoms with Crippen LogP contribution in [0.15, 0.2) is 42.5 Å². The van der Waals surface area contributed by atoms with Crippen LogP contribution in [0.3, 0.4) is 0 Å². The number of nitrogens with zero attached hydrogens (tertiary/aromatic N) is 1. The van der Waals surface area contributed by atoms with Crippen LogP contribution in [0.4, 0.5) is 0 Å². The number of amides is 2. The van der Waals surface area contributed by atoms with Crippen LogP contribution in [0.5, 0.6) is 0 Å². The molecule has 3 rings (SSSR count). The lowest BCUT2D eigenvalue weighted by atomic mass is 9.81. The van der Waals surface area contributed by atoms with Gasteiger partial charge in [0.05, 0.1) is 13.2 Å². The van der Waals surface area contributed by atoms with Gasteiger partial charge in [0.15, 0.2) is 0 Å². The fourth-order valence-corrected chi connectivity index (χ4v) is 4.37. The molecule has 1 fully saturated rings. The third-order valence-electron chi connectivity index (χ3n) is 5.85. The summed E-state index contributed by atoms with van der Waals surface area (Å²) < 4.78 is 5.25. The van der Waals surface area contributed by atoms with Crippen LogP contribution in [0.1, 0.15) is 38.7 Å². The Labute approximate surface area is 188 Å². The average Bonchev–Trinajstić information content (AvgIpc) is 2.77. The van der Waals surface area contributed by atoms with E-state index in [1.165, 1.54) is 0 Å². The van der Waals surface area contributed by atoms with Gasteiger partial charge in [-0.3, -0.25) is 9.59 Å². The van der Waals surface area contributed by atoms with Crippen molar-refractivity contribution in [2.75, 3.05) is 26.3 Å². The van der Waals surface area contributed by atoms with E-state index < -0.39 is 17.4 Å². The lowest BCUT2D eigenvalue weighted by Crippen LogP contribution is -2.57. The molecule has 7 heteroatoms. The zero-order valence-electron chi connectivity index (χ0n) is 18.8. The fourth-order valence-electron chi connectivity index (χ4n) is 4.37. The Hall–Kier alpha value is -2.93. The molecular weight excluding hydrogens is 408 g/mol. The van der Waals surface area contributed by atoms with Crippen molar-refractivity contribution in [1.29, 1.82) is 0 Å². The van der Waals surface area contributed by atoms with Gasteiger partial charge in [-0.1, -0.05) is 56.3 Å². The Morgan fingerprint density at radius 2 is 1.75 bits per heavy atom. The van der Waals surface area contributed by atoms with Crippen molar-refractivity contribution >= 4 is 28.6 Å². The van der Waals surface area contributed by atoms with E-state index in [0.29, 0.717) is 26.3 Å². The molecule has 0 spiro atoms. The molecule has 2 amide bonds. The topological polar surface area (TPSA) is 95.9 Å². The molecule has 1 heterocycles. The third-order valence-corrected chi connectivity index (χ3v) is 5.85. The zero-order valence-corrected chi connectivity index (χ0v) is 18.8. The Kier molecular flexibility index (Phi) is 7.85. The minimum Gasteiger partial charge on any atom is -0.479 e. The highest BCUT2D eigenvalue weighted by Gasteiger charge is 2.41. The Morgan fingerprint density at radius 1 is 1.06 bits per heavy atom. The van der Waals surface area contributed by atoms with Gasteiger partial charge in [0.1, 0.15) is 5.54 Å². The highest BCUT2D eigenvalue weighted by molar-refractivity contribution is 5.91. The Morgan fingerprint density at radius 3 is 2.44 bits per heavy atom. The van der Waals surface area contributed by atoms with Crippen molar-refractivity contribution < 1.29 is 24.2 Å². The number of benzene rings is 2. The number of hydrogen-bond acceptors (Lipinski definition) is 4. The highest BCUT2D eigenvalue weighted by Crippen LogP contribution is 2.28. The van der Waals surface area contributed by atoms with Crippen molar-refractivity contribution in [3.8, 4) is 0 Å². The van der Waals surface area contributed by atoms with E-state index in [2.05, 4.69) is 5.32 Å². The first-order chi connectivity index (χ1) is 15.3. The van der Waals surface area contributed by atoms with Crippen LogP contribution in [0, 0.1) is 5.92 Å². The van der Waals surface area contributed by atoms with E-state index in [4.69, 9.17) is 4.74 Å². The maximum absolute atomic E-state index is 12.8. The fraction of sp³-hybridized carbons (Fsp3) is 0.480. The quantitative estimate of drug-likeness (QED) is 0.625. The molecule has 1 saturated heterocycles. The standard InChI is InChI=1S/C25H32N2O5/c1-18(2)16-25(24(30)31,17-20-8-5-7-19-6-3-4-9-21(19)20)26-22(28)10-11-23(29)27-12-14-32-15-13-27/h3-9,18H,10-17H2,1-2H3,(H,26,28)(H,30,31)/t25-/m1/s1. The summed E-state index contributed by atoms with van der Waals surface area (Å²) >= 11 is 0. The summed E-state index contributed by atoms with van der Waals surface area (Å²) in [7, 11) is 0. The number of carboxylic acid groups (broad SMARTS) is 1. The van der Waals surface area contributed by atoms with Crippen molar-refractivity contribution in [3.63, 3.8) is 0 Å². The lowest BCUT2D eigenvalue weighted by molar-refractivity contribution is -0.148. The van der Waals surface area contributed by atoms with E-state index >= 15 is 0 Å². The van der Waals surface area contributed by atoms with Crippen LogP contribution in [0.25, 0.3) is 10.8 Å². The largest absolute Gasteiger partial charge is 0.479 e. The summed E-state index contributed by atoms with van der Waals surface area (Å²) in [4.78, 5) is 39.4. The molecular formula is C25H32N2O5. The maximum atomic E-state index is 12.8. The summed E-state index contributed by atoms with van der Waals surface area (Å²) in [6.45, 7) is 5.92. The molecule has 0 aromatic heterocycles. The number of carboxylic acids is 1. The number of ether oxygens (including phenoxy) is 1. The Bertz CT molecular complexity index is 962. The van der Waals surface area contributed by atoms with Crippen LogP contribution in [-0.2, 0) is 25.5 Å². The van der Waals surface area contributed by atoms with E-state index in [0.717, 1.165) is 16.3 Å². The number of carbonyl (C=O) groups is 3. The van der Waals surface area contributed by atoms with Crippen LogP contribution in [-0.4, -0.2) is 59.6 Å². The number of aliphatic carboxylic acids is 1. The van der Waals surface area contributed by atoms with E-state index in [-0.39, 0.29) is 37.5 Å². The molecule has 0 bridgehead atoms. The van der Waals surface area contributed by atoms with E-state index in [9.17, 15) is 19.5 Å². The minimum absolute atomic E-state index is 0.0428. The van der Waals surface area contributed by atoms with Crippen molar-refractivity contribution in [1.82, 2.24) is 10.2 Å². The van der Waals surface area contributed by atoms with Crippen molar-refractivity contribution in [2.24, 2.45) is 5.92 Å². The van der Waals surface area contributed by atoms with Gasteiger partial charge in [0, 0.05) is 32.4 Å². The van der Waals surface area contributed by atoms with Gasteiger partial charge in [-0.2, -0.15) is 0 Å². The number of fused-ring (bicyclic) bond motifs is 1. The monoisotopic (exact) mass is 440 g/mol. The van der Waals surface area contributed by atoms with Crippen LogP contribution >= 0.6 is 0 Å². The Balaban J connectivity index is 1.77. The first-order valence-electron chi connectivity index (χ1n) is 11.2. The zero-order chi connectivity index (χ0) is 23.1. The second-order valence-corrected chi connectivity index (χ2v) is 8.84. The highest BCUT2D eigenvalue weighted by atomic mass is 16.5. The van der Waals surface area contributed by atoms with Gasteiger partial charge < -0.3 is 20.1 Å². The summed E-state index contributed by atoms with van der Waals surface area (Å²) in [6.07, 6.45) is 0.468. The molecule has 2 aromatic rings. The summed E-state index contributed by atoms with van der Waals surface area (Å²) in [6, 6.07) is 13.6. The maximum Gasteiger partial charge on any atom is 0.329 e. The third kappa shape index (κ3) is 5.85. The molecule has 0 aliphatic carbocycles. The average molecular weight is 441 g/mol. The first-order valence-corrected chi connectivity index (χ1v) is 11.2. The van der Waals surface area contributed by atoms with E-state index in [1.54, 1.807) is 4.90 Å². The van der Waals surface area contributed by atoms with Crippen molar-refractivity contribution in [2.45, 2.75) is 45.1 Å². The molecule has 1 aliphatic heterocycles. The van der Waals surface area contributed by atoms with Crippen LogP contribution < -0.4 is 5.32 Å². The summed E-state index contributed by atoms with van der Waals surface area (Å²) in [5.74, 6) is -1.54. The predicted octanol–water partition coefficient (Wildman–Crippen LogP) is 3.01. The second kappa shape index (κ2) is 10.6. The van der Waals surface area contributed by atoms with Gasteiger partial charge in [-0.15, -0.1) is 0 Å². The van der Waals surface area contributed by atoms with Gasteiger partial charge in [-0.05, 0) is 28.7 Å².